The number of pyridine rings is 1. The van der Waals surface area contributed by atoms with Gasteiger partial charge in [-0.1, -0.05) is 23.7 Å². The molecule has 0 radical (unpaired) electrons. The maximum absolute atomic E-state index is 10.1. The lowest BCUT2D eigenvalue weighted by atomic mass is 10.0. The van der Waals surface area contributed by atoms with Gasteiger partial charge in [-0.25, -0.2) is 0 Å². The molecule has 17 heavy (non-hydrogen) atoms. The lowest BCUT2D eigenvalue weighted by Gasteiger charge is -2.13. The summed E-state index contributed by atoms with van der Waals surface area (Å²) in [6.07, 6.45) is 3.28. The van der Waals surface area contributed by atoms with Crippen LogP contribution in [-0.2, 0) is 6.42 Å². The molecule has 0 aliphatic heterocycles. The van der Waals surface area contributed by atoms with Gasteiger partial charge >= 0.3 is 0 Å². The first-order valence-corrected chi connectivity index (χ1v) is 5.66. The predicted molar refractivity (Wildman–Crippen MR) is 68.8 cm³/mol. The van der Waals surface area contributed by atoms with E-state index in [9.17, 15) is 5.11 Å². The van der Waals surface area contributed by atoms with Crippen LogP contribution in [-0.4, -0.2) is 10.1 Å². The van der Waals surface area contributed by atoms with Crippen LogP contribution >= 0.6 is 11.6 Å². The summed E-state index contributed by atoms with van der Waals surface area (Å²) in [7, 11) is 0. The molecule has 0 fully saturated rings. The second kappa shape index (κ2) is 5.17. The van der Waals surface area contributed by atoms with Crippen molar-refractivity contribution in [2.45, 2.75) is 12.5 Å². The van der Waals surface area contributed by atoms with Gasteiger partial charge in [0.1, 0.15) is 0 Å². The number of rotatable bonds is 3. The Labute approximate surface area is 105 Å². The lowest BCUT2D eigenvalue weighted by Crippen LogP contribution is -2.05. The van der Waals surface area contributed by atoms with E-state index in [-0.39, 0.29) is 0 Å². The molecule has 2 aromatic rings. The molecular weight excluding hydrogens is 236 g/mol. The van der Waals surface area contributed by atoms with Crippen LogP contribution in [0.2, 0.25) is 5.02 Å². The SMILES string of the molecule is Nc1cc(Cl)ccc1C(O)Cc1cccnc1. The fourth-order valence-electron chi connectivity index (χ4n) is 1.70. The standard InChI is InChI=1S/C13H13ClN2O/c14-10-3-4-11(12(15)7-10)13(17)6-9-2-1-5-16-8-9/h1-5,7-8,13,17H,6,15H2. The predicted octanol–water partition coefficient (Wildman–Crippen LogP) is 2.59. The number of aromatic nitrogens is 1. The Hall–Kier alpha value is -1.58. The molecule has 0 amide bonds. The molecule has 1 aromatic heterocycles. The van der Waals surface area contributed by atoms with Gasteiger partial charge in [0.2, 0.25) is 0 Å². The van der Waals surface area contributed by atoms with Crippen LogP contribution in [0, 0.1) is 0 Å². The van der Waals surface area contributed by atoms with Crippen LogP contribution in [0.5, 0.6) is 0 Å². The number of hydrogen-bond donors (Lipinski definition) is 2. The highest BCUT2D eigenvalue weighted by molar-refractivity contribution is 6.30. The Bertz CT molecular complexity index is 502. The lowest BCUT2D eigenvalue weighted by molar-refractivity contribution is 0.179. The Balaban J connectivity index is 2.17. The molecule has 0 bridgehead atoms. The summed E-state index contributed by atoms with van der Waals surface area (Å²) in [6.45, 7) is 0. The van der Waals surface area contributed by atoms with Gasteiger partial charge in [-0.05, 0) is 23.8 Å². The van der Waals surface area contributed by atoms with Gasteiger partial charge in [0.05, 0.1) is 6.10 Å². The average molecular weight is 249 g/mol. The average Bonchev–Trinajstić information content (AvgIpc) is 2.30. The molecule has 3 nitrogen and oxygen atoms in total. The molecule has 0 aliphatic rings. The molecule has 0 saturated heterocycles. The number of nitrogen functional groups attached to an aromatic ring is 1. The summed E-state index contributed by atoms with van der Waals surface area (Å²) in [5.41, 5.74) is 7.98. The molecule has 4 heteroatoms. The van der Waals surface area contributed by atoms with E-state index in [2.05, 4.69) is 4.98 Å². The van der Waals surface area contributed by atoms with E-state index in [1.165, 1.54) is 0 Å². The van der Waals surface area contributed by atoms with Crippen molar-refractivity contribution in [3.8, 4) is 0 Å². The Morgan fingerprint density at radius 2 is 2.18 bits per heavy atom. The maximum atomic E-state index is 10.1. The third kappa shape index (κ3) is 2.96. The number of hydrogen-bond acceptors (Lipinski definition) is 3. The van der Waals surface area contributed by atoms with Crippen LogP contribution in [0.4, 0.5) is 5.69 Å². The summed E-state index contributed by atoms with van der Waals surface area (Å²) in [6, 6.07) is 8.87. The molecule has 2 rings (SSSR count). The maximum Gasteiger partial charge on any atom is 0.0850 e. The van der Waals surface area contributed by atoms with Gasteiger partial charge in [-0.2, -0.15) is 0 Å². The zero-order valence-corrected chi connectivity index (χ0v) is 9.93. The molecular formula is C13H13ClN2O. The van der Waals surface area contributed by atoms with E-state index < -0.39 is 6.10 Å². The first kappa shape index (κ1) is 11.9. The van der Waals surface area contributed by atoms with Crippen LogP contribution in [0.25, 0.3) is 0 Å². The van der Waals surface area contributed by atoms with Gasteiger partial charge in [0, 0.05) is 35.1 Å². The normalized spacial score (nSPS) is 12.4. The van der Waals surface area contributed by atoms with E-state index >= 15 is 0 Å². The van der Waals surface area contributed by atoms with Crippen molar-refractivity contribution in [3.05, 3.63) is 58.9 Å². The monoisotopic (exact) mass is 248 g/mol. The van der Waals surface area contributed by atoms with E-state index in [0.717, 1.165) is 5.56 Å². The quantitative estimate of drug-likeness (QED) is 0.821. The molecule has 0 saturated carbocycles. The summed E-state index contributed by atoms with van der Waals surface area (Å²) in [5, 5.41) is 10.7. The molecule has 1 aromatic carbocycles. The second-order valence-electron chi connectivity index (χ2n) is 3.85. The first-order chi connectivity index (χ1) is 8.16. The van der Waals surface area contributed by atoms with E-state index in [0.29, 0.717) is 22.7 Å². The van der Waals surface area contributed by atoms with Crippen LogP contribution in [0.15, 0.2) is 42.7 Å². The van der Waals surface area contributed by atoms with Gasteiger partial charge in [-0.3, -0.25) is 4.98 Å². The molecule has 3 N–H and O–H groups in total. The minimum Gasteiger partial charge on any atom is -0.398 e. The highest BCUT2D eigenvalue weighted by atomic mass is 35.5. The van der Waals surface area contributed by atoms with Crippen molar-refractivity contribution >= 4 is 17.3 Å². The first-order valence-electron chi connectivity index (χ1n) is 5.28. The zero-order chi connectivity index (χ0) is 12.3. The number of benzene rings is 1. The van der Waals surface area contributed by atoms with Crippen LogP contribution in [0.3, 0.4) is 0 Å². The molecule has 0 spiro atoms. The number of anilines is 1. The smallest absolute Gasteiger partial charge is 0.0850 e. The highest BCUT2D eigenvalue weighted by Gasteiger charge is 2.12. The van der Waals surface area contributed by atoms with E-state index in [1.807, 2.05) is 12.1 Å². The third-order valence-electron chi connectivity index (χ3n) is 2.56. The molecule has 1 heterocycles. The van der Waals surface area contributed by atoms with Gasteiger partial charge in [0.15, 0.2) is 0 Å². The van der Waals surface area contributed by atoms with E-state index in [4.69, 9.17) is 17.3 Å². The third-order valence-corrected chi connectivity index (χ3v) is 2.79. The Kier molecular flexibility index (Phi) is 3.61. The van der Waals surface area contributed by atoms with Crippen LogP contribution < -0.4 is 5.73 Å². The number of nitrogens with zero attached hydrogens (tertiary/aromatic N) is 1. The molecule has 1 unspecified atom stereocenters. The van der Waals surface area contributed by atoms with Crippen molar-refractivity contribution in [3.63, 3.8) is 0 Å². The molecule has 0 aliphatic carbocycles. The number of aliphatic hydroxyl groups is 1. The van der Waals surface area contributed by atoms with Crippen molar-refractivity contribution < 1.29 is 5.11 Å². The topological polar surface area (TPSA) is 59.1 Å². The van der Waals surface area contributed by atoms with Gasteiger partial charge < -0.3 is 10.8 Å². The summed E-state index contributed by atoms with van der Waals surface area (Å²) in [5.74, 6) is 0. The fraction of sp³-hybridized carbons (Fsp3) is 0.154. The van der Waals surface area contributed by atoms with Crippen molar-refractivity contribution in [2.75, 3.05) is 5.73 Å². The van der Waals surface area contributed by atoms with Crippen molar-refractivity contribution in [1.29, 1.82) is 0 Å². The van der Waals surface area contributed by atoms with Gasteiger partial charge in [0.25, 0.3) is 0 Å². The second-order valence-corrected chi connectivity index (χ2v) is 4.29. The Morgan fingerprint density at radius 1 is 1.35 bits per heavy atom. The zero-order valence-electron chi connectivity index (χ0n) is 9.18. The van der Waals surface area contributed by atoms with E-state index in [1.54, 1.807) is 30.6 Å². The largest absolute Gasteiger partial charge is 0.398 e. The van der Waals surface area contributed by atoms with Crippen molar-refractivity contribution in [2.24, 2.45) is 0 Å². The van der Waals surface area contributed by atoms with Gasteiger partial charge in [-0.15, -0.1) is 0 Å². The fourth-order valence-corrected chi connectivity index (χ4v) is 1.88. The number of halogens is 1. The summed E-state index contributed by atoms with van der Waals surface area (Å²) in [4.78, 5) is 4.00. The number of aliphatic hydroxyl groups excluding tert-OH is 1. The molecule has 88 valence electrons. The van der Waals surface area contributed by atoms with Crippen LogP contribution in [0.1, 0.15) is 17.2 Å². The number of nitrogens with two attached hydrogens (primary N) is 1. The molecule has 1 atom stereocenters. The summed E-state index contributed by atoms with van der Waals surface area (Å²) < 4.78 is 0. The summed E-state index contributed by atoms with van der Waals surface area (Å²) >= 11 is 5.81. The Morgan fingerprint density at radius 3 is 2.82 bits per heavy atom. The minimum absolute atomic E-state index is 0.486. The minimum atomic E-state index is -0.642. The van der Waals surface area contributed by atoms with Crippen molar-refractivity contribution in [1.82, 2.24) is 4.98 Å². The highest BCUT2D eigenvalue weighted by Crippen LogP contribution is 2.26.